The fourth-order valence-electron chi connectivity index (χ4n) is 5.42. The number of aliphatic hydroxyl groups excluding tert-OH is 1. The zero-order valence-corrected chi connectivity index (χ0v) is 19.5. The first-order valence-electron chi connectivity index (χ1n) is 12.0. The molecule has 5 heteroatoms. The van der Waals surface area contributed by atoms with Crippen molar-refractivity contribution in [2.75, 3.05) is 39.3 Å². The Labute approximate surface area is 187 Å². The van der Waals surface area contributed by atoms with Crippen molar-refractivity contribution in [2.45, 2.75) is 64.7 Å². The molecule has 1 N–H and O–H groups in total. The second-order valence-corrected chi connectivity index (χ2v) is 9.57. The highest BCUT2D eigenvalue weighted by molar-refractivity contribution is 5.62. The van der Waals surface area contributed by atoms with Gasteiger partial charge in [-0.1, -0.05) is 24.3 Å². The smallest absolute Gasteiger partial charge is 0.134 e. The third-order valence-corrected chi connectivity index (χ3v) is 7.19. The molecule has 3 heterocycles. The number of furan rings is 1. The number of aryl methyl sites for hydroxylation is 1. The molecular weight excluding hydrogens is 386 g/mol. The van der Waals surface area contributed by atoms with Gasteiger partial charge >= 0.3 is 0 Å². The number of hydrogen-bond acceptors (Lipinski definition) is 5. The van der Waals surface area contributed by atoms with Crippen molar-refractivity contribution in [3.8, 4) is 11.3 Å². The SMILES string of the molecule is Cc1ccc(-c2ccccc2CN2CCN(C3CCN(C(C)C)CC3)C(CCO)C2)o1. The molecule has 1 atom stereocenters. The Bertz CT molecular complexity index is 826. The van der Waals surface area contributed by atoms with E-state index in [1.54, 1.807) is 0 Å². The number of aliphatic hydroxyl groups is 1. The zero-order valence-electron chi connectivity index (χ0n) is 19.5. The summed E-state index contributed by atoms with van der Waals surface area (Å²) in [6.07, 6.45) is 3.36. The van der Waals surface area contributed by atoms with E-state index in [9.17, 15) is 5.11 Å². The van der Waals surface area contributed by atoms with Gasteiger partial charge in [-0.25, -0.2) is 0 Å². The van der Waals surface area contributed by atoms with E-state index in [1.165, 1.54) is 37.1 Å². The maximum absolute atomic E-state index is 9.75. The summed E-state index contributed by atoms with van der Waals surface area (Å²) in [5.41, 5.74) is 2.51. The highest BCUT2D eigenvalue weighted by atomic mass is 16.3. The number of likely N-dealkylation sites (tertiary alicyclic amines) is 1. The Morgan fingerprint density at radius 3 is 2.48 bits per heavy atom. The van der Waals surface area contributed by atoms with Gasteiger partial charge in [0, 0.05) is 56.5 Å². The molecule has 5 nitrogen and oxygen atoms in total. The quantitative estimate of drug-likeness (QED) is 0.726. The molecule has 0 spiro atoms. The Morgan fingerprint density at radius 2 is 1.81 bits per heavy atom. The average Bonchev–Trinajstić information content (AvgIpc) is 3.21. The van der Waals surface area contributed by atoms with Crippen molar-refractivity contribution in [3.63, 3.8) is 0 Å². The lowest BCUT2D eigenvalue weighted by molar-refractivity contribution is 0.00000343. The predicted molar refractivity (Wildman–Crippen MR) is 126 cm³/mol. The topological polar surface area (TPSA) is 43.1 Å². The van der Waals surface area contributed by atoms with Crippen LogP contribution < -0.4 is 0 Å². The third kappa shape index (κ3) is 5.40. The molecule has 0 radical (unpaired) electrons. The molecule has 2 aromatic rings. The molecule has 2 aliphatic heterocycles. The van der Waals surface area contributed by atoms with Gasteiger partial charge in [-0.15, -0.1) is 0 Å². The monoisotopic (exact) mass is 425 g/mol. The second-order valence-electron chi connectivity index (χ2n) is 9.57. The van der Waals surface area contributed by atoms with Crippen LogP contribution in [0.1, 0.15) is 44.4 Å². The summed E-state index contributed by atoms with van der Waals surface area (Å²) in [5, 5.41) is 9.75. The summed E-state index contributed by atoms with van der Waals surface area (Å²) < 4.78 is 5.92. The first-order valence-corrected chi connectivity index (χ1v) is 12.0. The molecule has 31 heavy (non-hydrogen) atoms. The zero-order chi connectivity index (χ0) is 21.8. The van der Waals surface area contributed by atoms with Crippen LogP contribution >= 0.6 is 0 Å². The summed E-state index contributed by atoms with van der Waals surface area (Å²) >= 11 is 0. The van der Waals surface area contributed by atoms with Gasteiger partial charge in [0.2, 0.25) is 0 Å². The Balaban J connectivity index is 1.42. The fourth-order valence-corrected chi connectivity index (χ4v) is 5.42. The van der Waals surface area contributed by atoms with Gasteiger partial charge in [-0.3, -0.25) is 9.80 Å². The van der Waals surface area contributed by atoms with Crippen LogP contribution in [0, 0.1) is 6.92 Å². The predicted octanol–water partition coefficient (Wildman–Crippen LogP) is 4.00. The largest absolute Gasteiger partial charge is 0.461 e. The maximum atomic E-state index is 9.75. The summed E-state index contributed by atoms with van der Waals surface area (Å²) in [6, 6.07) is 14.4. The lowest BCUT2D eigenvalue weighted by Gasteiger charge is -2.48. The molecule has 1 aromatic carbocycles. The van der Waals surface area contributed by atoms with Crippen LogP contribution in [-0.4, -0.2) is 77.3 Å². The molecule has 0 aliphatic carbocycles. The van der Waals surface area contributed by atoms with E-state index in [4.69, 9.17) is 4.42 Å². The molecule has 2 saturated heterocycles. The van der Waals surface area contributed by atoms with E-state index in [1.807, 2.05) is 13.0 Å². The standard InChI is InChI=1S/C26H39N3O2/c1-20(2)28-13-10-23(11-14-28)29-16-15-27(19-24(29)12-17-30)18-22-6-4-5-7-25(22)26-9-8-21(3)31-26/h4-9,20,23-24,30H,10-19H2,1-3H3. The van der Waals surface area contributed by atoms with Crippen molar-refractivity contribution in [1.82, 2.24) is 14.7 Å². The summed E-state index contributed by atoms with van der Waals surface area (Å²) in [6.45, 7) is 13.4. The molecule has 0 saturated carbocycles. The van der Waals surface area contributed by atoms with E-state index in [2.05, 4.69) is 58.9 Å². The lowest BCUT2D eigenvalue weighted by atomic mass is 9.97. The van der Waals surface area contributed by atoms with Gasteiger partial charge < -0.3 is 14.4 Å². The first-order chi connectivity index (χ1) is 15.0. The van der Waals surface area contributed by atoms with Gasteiger partial charge in [0.15, 0.2) is 0 Å². The van der Waals surface area contributed by atoms with Crippen LogP contribution in [0.2, 0.25) is 0 Å². The normalized spacial score (nSPS) is 22.4. The van der Waals surface area contributed by atoms with Gasteiger partial charge in [0.05, 0.1) is 0 Å². The van der Waals surface area contributed by atoms with Crippen LogP contribution in [0.3, 0.4) is 0 Å². The fraction of sp³-hybridized carbons (Fsp3) is 0.615. The number of rotatable bonds is 7. The highest BCUT2D eigenvalue weighted by Gasteiger charge is 2.34. The Morgan fingerprint density at radius 1 is 1.03 bits per heavy atom. The number of piperidine rings is 1. The van der Waals surface area contributed by atoms with Crippen molar-refractivity contribution >= 4 is 0 Å². The summed E-state index contributed by atoms with van der Waals surface area (Å²) in [4.78, 5) is 7.88. The van der Waals surface area contributed by atoms with Gasteiger partial charge in [0.1, 0.15) is 11.5 Å². The molecule has 0 amide bonds. The lowest BCUT2D eigenvalue weighted by Crippen LogP contribution is -2.58. The first kappa shape index (κ1) is 22.5. The highest BCUT2D eigenvalue weighted by Crippen LogP contribution is 2.29. The van der Waals surface area contributed by atoms with E-state index in [0.717, 1.165) is 44.1 Å². The van der Waals surface area contributed by atoms with Crippen molar-refractivity contribution in [3.05, 3.63) is 47.7 Å². The number of piperazine rings is 1. The van der Waals surface area contributed by atoms with Crippen molar-refractivity contribution in [1.29, 1.82) is 0 Å². The molecule has 2 aliphatic rings. The number of benzene rings is 1. The Hall–Kier alpha value is -1.66. The van der Waals surface area contributed by atoms with Gasteiger partial charge in [-0.05, 0) is 70.8 Å². The van der Waals surface area contributed by atoms with Crippen LogP contribution in [-0.2, 0) is 6.54 Å². The van der Waals surface area contributed by atoms with E-state index in [-0.39, 0.29) is 6.61 Å². The van der Waals surface area contributed by atoms with Crippen LogP contribution in [0.25, 0.3) is 11.3 Å². The van der Waals surface area contributed by atoms with Crippen molar-refractivity contribution in [2.24, 2.45) is 0 Å². The van der Waals surface area contributed by atoms with Gasteiger partial charge in [0.25, 0.3) is 0 Å². The maximum Gasteiger partial charge on any atom is 0.134 e. The minimum Gasteiger partial charge on any atom is -0.461 e. The minimum atomic E-state index is 0.266. The average molecular weight is 426 g/mol. The van der Waals surface area contributed by atoms with Crippen LogP contribution in [0.5, 0.6) is 0 Å². The van der Waals surface area contributed by atoms with Gasteiger partial charge in [-0.2, -0.15) is 0 Å². The second kappa shape index (κ2) is 10.3. The Kier molecular flexibility index (Phi) is 7.49. The van der Waals surface area contributed by atoms with Crippen LogP contribution in [0.4, 0.5) is 0 Å². The van der Waals surface area contributed by atoms with E-state index in [0.29, 0.717) is 18.1 Å². The third-order valence-electron chi connectivity index (χ3n) is 7.19. The van der Waals surface area contributed by atoms with E-state index >= 15 is 0 Å². The molecule has 2 fully saturated rings. The van der Waals surface area contributed by atoms with Crippen LogP contribution in [0.15, 0.2) is 40.8 Å². The molecule has 1 unspecified atom stereocenters. The summed E-state index contributed by atoms with van der Waals surface area (Å²) in [7, 11) is 0. The molecule has 4 rings (SSSR count). The number of hydrogen-bond donors (Lipinski definition) is 1. The minimum absolute atomic E-state index is 0.266. The number of nitrogens with zero attached hydrogens (tertiary/aromatic N) is 3. The molecule has 170 valence electrons. The van der Waals surface area contributed by atoms with Crippen molar-refractivity contribution < 1.29 is 9.52 Å². The summed E-state index contributed by atoms with van der Waals surface area (Å²) in [5.74, 6) is 1.90. The molecule has 0 bridgehead atoms. The molecule has 1 aromatic heterocycles. The van der Waals surface area contributed by atoms with E-state index < -0.39 is 0 Å². The molecular formula is C26H39N3O2.